The summed E-state index contributed by atoms with van der Waals surface area (Å²) < 4.78 is 42.3. The molecular formula is C14H26F3NO. The Balaban J connectivity index is 2.47. The topological polar surface area (TPSA) is 21.3 Å². The summed E-state index contributed by atoms with van der Waals surface area (Å²) in [5.41, 5.74) is -0.382. The van der Waals surface area contributed by atoms with Crippen LogP contribution in [0.4, 0.5) is 13.2 Å². The number of ether oxygens (including phenoxy) is 1. The molecule has 1 fully saturated rings. The molecule has 0 bridgehead atoms. The highest BCUT2D eigenvalue weighted by Gasteiger charge is 2.36. The van der Waals surface area contributed by atoms with Crippen molar-refractivity contribution in [1.29, 1.82) is 0 Å². The average Bonchev–Trinajstić information content (AvgIpc) is 2.36. The molecule has 1 saturated carbocycles. The molecule has 1 aliphatic carbocycles. The minimum Gasteiger partial charge on any atom is -0.373 e. The second-order valence-electron chi connectivity index (χ2n) is 5.53. The fraction of sp³-hybridized carbons (Fsp3) is 1.00. The first-order valence-corrected chi connectivity index (χ1v) is 7.32. The lowest BCUT2D eigenvalue weighted by atomic mass is 9.77. The van der Waals surface area contributed by atoms with Crippen LogP contribution >= 0.6 is 0 Å². The van der Waals surface area contributed by atoms with Crippen molar-refractivity contribution in [3.05, 3.63) is 0 Å². The maximum Gasteiger partial charge on any atom is 0.391 e. The highest BCUT2D eigenvalue weighted by atomic mass is 19.4. The molecular weight excluding hydrogens is 255 g/mol. The van der Waals surface area contributed by atoms with Crippen LogP contribution in [0.3, 0.4) is 0 Å². The Morgan fingerprint density at radius 3 is 2.32 bits per heavy atom. The van der Waals surface area contributed by atoms with E-state index < -0.39 is 12.6 Å². The van der Waals surface area contributed by atoms with Gasteiger partial charge in [-0.25, -0.2) is 0 Å². The Morgan fingerprint density at radius 2 is 1.84 bits per heavy atom. The first-order valence-electron chi connectivity index (χ1n) is 7.32. The lowest BCUT2D eigenvalue weighted by molar-refractivity contribution is -0.163. The van der Waals surface area contributed by atoms with Crippen LogP contribution in [0.25, 0.3) is 0 Å². The first-order chi connectivity index (χ1) is 8.91. The number of alkyl halides is 3. The maximum atomic E-state index is 12.2. The molecule has 5 heteroatoms. The lowest BCUT2D eigenvalue weighted by Gasteiger charge is -2.40. The quantitative estimate of drug-likeness (QED) is 0.764. The van der Waals surface area contributed by atoms with Crippen molar-refractivity contribution in [3.8, 4) is 0 Å². The van der Waals surface area contributed by atoms with E-state index in [1.165, 1.54) is 0 Å². The number of nitrogens with one attached hydrogen (secondary N) is 1. The lowest BCUT2D eigenvalue weighted by Crippen LogP contribution is -2.46. The molecule has 0 heterocycles. The summed E-state index contributed by atoms with van der Waals surface area (Å²) in [5, 5.41) is 3.23. The van der Waals surface area contributed by atoms with E-state index in [1.54, 1.807) is 0 Å². The van der Waals surface area contributed by atoms with Crippen LogP contribution < -0.4 is 5.32 Å². The molecule has 0 atom stereocenters. The highest BCUT2D eigenvalue weighted by Crippen LogP contribution is 2.36. The second-order valence-corrected chi connectivity index (χ2v) is 5.53. The first kappa shape index (κ1) is 16.8. The van der Waals surface area contributed by atoms with Crippen LogP contribution in [0.1, 0.15) is 52.4 Å². The third kappa shape index (κ3) is 6.13. The standard InChI is InChI=1S/C14H26F3NO/c1-3-12-5-7-13(8-6-12,11-18-4-2)19-10-9-14(15,16)17/h12,18H,3-11H2,1-2H3. The maximum absolute atomic E-state index is 12.2. The van der Waals surface area contributed by atoms with Crippen LogP contribution in [0.15, 0.2) is 0 Å². The van der Waals surface area contributed by atoms with Crippen molar-refractivity contribution < 1.29 is 17.9 Å². The summed E-state index contributed by atoms with van der Waals surface area (Å²) in [7, 11) is 0. The SMILES string of the molecule is CCNCC1(OCCC(F)(F)F)CCC(CC)CC1. The van der Waals surface area contributed by atoms with Gasteiger partial charge in [-0.2, -0.15) is 13.2 Å². The van der Waals surface area contributed by atoms with Crippen molar-refractivity contribution in [1.82, 2.24) is 5.32 Å². The van der Waals surface area contributed by atoms with E-state index in [9.17, 15) is 13.2 Å². The van der Waals surface area contributed by atoms with Gasteiger partial charge in [0.15, 0.2) is 0 Å². The largest absolute Gasteiger partial charge is 0.391 e. The van der Waals surface area contributed by atoms with E-state index >= 15 is 0 Å². The second kappa shape index (κ2) is 7.48. The molecule has 19 heavy (non-hydrogen) atoms. The van der Waals surface area contributed by atoms with Gasteiger partial charge in [0.25, 0.3) is 0 Å². The van der Waals surface area contributed by atoms with Gasteiger partial charge in [-0.3, -0.25) is 0 Å². The molecule has 0 radical (unpaired) electrons. The third-order valence-electron chi connectivity index (χ3n) is 4.08. The van der Waals surface area contributed by atoms with Gasteiger partial charge in [-0.1, -0.05) is 20.3 Å². The molecule has 1 N–H and O–H groups in total. The number of hydrogen-bond acceptors (Lipinski definition) is 2. The van der Waals surface area contributed by atoms with Crippen LogP contribution in [0, 0.1) is 5.92 Å². The van der Waals surface area contributed by atoms with Gasteiger partial charge in [0.2, 0.25) is 0 Å². The number of hydrogen-bond donors (Lipinski definition) is 1. The molecule has 0 aliphatic heterocycles. The summed E-state index contributed by atoms with van der Waals surface area (Å²) in [6.07, 6.45) is 0.0481. The summed E-state index contributed by atoms with van der Waals surface area (Å²) in [5.74, 6) is 0.709. The van der Waals surface area contributed by atoms with Gasteiger partial charge in [0.1, 0.15) is 0 Å². The molecule has 114 valence electrons. The normalized spacial score (nSPS) is 28.6. The molecule has 0 amide bonds. The van der Waals surface area contributed by atoms with Crippen LogP contribution in [0.5, 0.6) is 0 Å². The van der Waals surface area contributed by atoms with Gasteiger partial charge in [-0.05, 0) is 38.1 Å². The minimum absolute atomic E-state index is 0.217. The average molecular weight is 281 g/mol. The van der Waals surface area contributed by atoms with Crippen molar-refractivity contribution in [2.45, 2.75) is 64.1 Å². The van der Waals surface area contributed by atoms with E-state index in [0.29, 0.717) is 12.5 Å². The van der Waals surface area contributed by atoms with E-state index in [0.717, 1.165) is 38.6 Å². The van der Waals surface area contributed by atoms with Gasteiger partial charge in [-0.15, -0.1) is 0 Å². The Morgan fingerprint density at radius 1 is 1.21 bits per heavy atom. The minimum atomic E-state index is -4.13. The van der Waals surface area contributed by atoms with Crippen LogP contribution in [0.2, 0.25) is 0 Å². The predicted molar refractivity (Wildman–Crippen MR) is 70.1 cm³/mol. The predicted octanol–water partition coefficient (Wildman–Crippen LogP) is 3.90. The molecule has 1 aliphatic rings. The van der Waals surface area contributed by atoms with E-state index in [2.05, 4.69) is 12.2 Å². The van der Waals surface area contributed by atoms with E-state index in [4.69, 9.17) is 4.74 Å². The Kier molecular flexibility index (Phi) is 6.60. The van der Waals surface area contributed by atoms with Crippen molar-refractivity contribution in [2.75, 3.05) is 19.7 Å². The van der Waals surface area contributed by atoms with E-state index in [-0.39, 0.29) is 12.2 Å². The molecule has 0 unspecified atom stereocenters. The fourth-order valence-corrected chi connectivity index (χ4v) is 2.72. The molecule has 1 rings (SSSR count). The van der Waals surface area contributed by atoms with Gasteiger partial charge in [0.05, 0.1) is 18.6 Å². The summed E-state index contributed by atoms with van der Waals surface area (Å²) in [6.45, 7) is 5.44. The van der Waals surface area contributed by atoms with Crippen molar-refractivity contribution in [3.63, 3.8) is 0 Å². The van der Waals surface area contributed by atoms with Crippen molar-refractivity contribution >= 4 is 0 Å². The zero-order chi connectivity index (χ0) is 14.4. The monoisotopic (exact) mass is 281 g/mol. The van der Waals surface area contributed by atoms with Crippen molar-refractivity contribution in [2.24, 2.45) is 5.92 Å². The molecule has 0 aromatic rings. The molecule has 2 nitrogen and oxygen atoms in total. The van der Waals surface area contributed by atoms with Crippen LogP contribution in [-0.2, 0) is 4.74 Å². The smallest absolute Gasteiger partial charge is 0.373 e. The Labute approximate surface area is 114 Å². The Bertz CT molecular complexity index is 248. The summed E-state index contributed by atoms with van der Waals surface area (Å²) >= 11 is 0. The van der Waals surface area contributed by atoms with Gasteiger partial charge >= 0.3 is 6.18 Å². The van der Waals surface area contributed by atoms with Gasteiger partial charge in [0, 0.05) is 6.54 Å². The third-order valence-corrected chi connectivity index (χ3v) is 4.08. The Hall–Kier alpha value is -0.290. The molecule has 0 aromatic carbocycles. The molecule has 0 aromatic heterocycles. The fourth-order valence-electron chi connectivity index (χ4n) is 2.72. The molecule has 0 saturated heterocycles. The number of likely N-dealkylation sites (N-methyl/N-ethyl adjacent to an activating group) is 1. The highest BCUT2D eigenvalue weighted by molar-refractivity contribution is 4.89. The van der Waals surface area contributed by atoms with Gasteiger partial charge < -0.3 is 10.1 Å². The number of rotatable bonds is 7. The number of halogens is 3. The van der Waals surface area contributed by atoms with E-state index in [1.807, 2.05) is 6.92 Å². The zero-order valence-corrected chi connectivity index (χ0v) is 12.0. The molecule has 0 spiro atoms. The summed E-state index contributed by atoms with van der Waals surface area (Å²) in [4.78, 5) is 0. The van der Waals surface area contributed by atoms with Crippen LogP contribution in [-0.4, -0.2) is 31.5 Å². The summed E-state index contributed by atoms with van der Waals surface area (Å²) in [6, 6.07) is 0. The zero-order valence-electron chi connectivity index (χ0n) is 12.0.